The maximum absolute atomic E-state index is 12.5. The summed E-state index contributed by atoms with van der Waals surface area (Å²) in [6.07, 6.45) is -7.98. The summed E-state index contributed by atoms with van der Waals surface area (Å²) >= 11 is 8.27. The summed E-state index contributed by atoms with van der Waals surface area (Å²) in [5.41, 5.74) is -0.801. The van der Waals surface area contributed by atoms with Crippen LogP contribution in [-0.2, 0) is 5.33 Å². The molecule has 1 aromatic heterocycles. The normalized spacial score (nSPS) is 12.0. The van der Waals surface area contributed by atoms with Gasteiger partial charge in [-0.1, -0.05) is 27.5 Å². The van der Waals surface area contributed by atoms with Gasteiger partial charge in [-0.05, 0) is 6.07 Å². The van der Waals surface area contributed by atoms with Crippen LogP contribution >= 0.6 is 27.5 Å². The van der Waals surface area contributed by atoms with Gasteiger partial charge >= 0.3 is 6.36 Å². The second kappa shape index (κ2) is 5.34. The minimum absolute atomic E-state index is 0.0569. The Kier molecular flexibility index (Phi) is 4.54. The van der Waals surface area contributed by atoms with Crippen molar-refractivity contribution < 1.29 is 26.7 Å². The fourth-order valence-electron chi connectivity index (χ4n) is 1.01. The lowest BCUT2D eigenvalue weighted by Crippen LogP contribution is -2.18. The first-order valence-electron chi connectivity index (χ1n) is 4.03. The van der Waals surface area contributed by atoms with Gasteiger partial charge in [-0.2, -0.15) is 0 Å². The minimum atomic E-state index is -5.01. The van der Waals surface area contributed by atoms with Crippen LogP contribution in [0.1, 0.15) is 17.7 Å². The van der Waals surface area contributed by atoms with Crippen molar-refractivity contribution in [3.63, 3.8) is 0 Å². The second-order valence-corrected chi connectivity index (χ2v) is 3.71. The number of halogens is 7. The van der Waals surface area contributed by atoms with Gasteiger partial charge in [0.1, 0.15) is 0 Å². The van der Waals surface area contributed by atoms with E-state index in [-0.39, 0.29) is 11.0 Å². The molecule has 2 nitrogen and oxygen atoms in total. The van der Waals surface area contributed by atoms with Crippen molar-refractivity contribution in [2.24, 2.45) is 0 Å². The molecule has 0 atom stereocenters. The van der Waals surface area contributed by atoms with Gasteiger partial charge in [-0.25, -0.2) is 13.8 Å². The predicted molar refractivity (Wildman–Crippen MR) is 53.5 cm³/mol. The number of pyridine rings is 1. The van der Waals surface area contributed by atoms with Crippen molar-refractivity contribution in [3.8, 4) is 5.75 Å². The number of hydrogen-bond donors (Lipinski definition) is 0. The molecule has 0 bridgehead atoms. The third kappa shape index (κ3) is 3.95. The number of hydrogen-bond acceptors (Lipinski definition) is 2. The molecule has 0 amide bonds. The summed E-state index contributed by atoms with van der Waals surface area (Å²) in [7, 11) is 0. The van der Waals surface area contributed by atoms with Gasteiger partial charge in [0.25, 0.3) is 6.43 Å². The van der Waals surface area contributed by atoms with E-state index >= 15 is 0 Å². The van der Waals surface area contributed by atoms with E-state index in [1.807, 2.05) is 0 Å². The molecule has 0 radical (unpaired) electrons. The smallest absolute Gasteiger partial charge is 0.402 e. The third-order valence-corrected chi connectivity index (χ3v) is 2.45. The SMILES string of the molecule is FC(F)c1cc(OC(F)(F)F)c(Cl)nc1CBr. The lowest BCUT2D eigenvalue weighted by Gasteiger charge is -2.13. The molecule has 96 valence electrons. The molecule has 17 heavy (non-hydrogen) atoms. The predicted octanol–water partition coefficient (Wildman–Crippen LogP) is 4.47. The Hall–Kier alpha value is -0.630. The van der Waals surface area contributed by atoms with Crippen LogP contribution in [0.4, 0.5) is 22.0 Å². The molecule has 0 aliphatic rings. The first kappa shape index (κ1) is 14.4. The van der Waals surface area contributed by atoms with Crippen LogP contribution in [-0.4, -0.2) is 11.3 Å². The van der Waals surface area contributed by atoms with E-state index in [0.717, 1.165) is 0 Å². The monoisotopic (exact) mass is 339 g/mol. The standard InChI is InChI=1S/C8H4BrClF5NO/c9-2-4-3(7(11)12)1-5(6(10)16-4)17-8(13,14)15/h1,7H,2H2. The van der Waals surface area contributed by atoms with Crippen LogP contribution < -0.4 is 4.74 Å². The van der Waals surface area contributed by atoms with E-state index in [0.29, 0.717) is 6.07 Å². The Morgan fingerprint density at radius 2 is 2.00 bits per heavy atom. The van der Waals surface area contributed by atoms with Gasteiger partial charge in [0.2, 0.25) is 0 Å². The van der Waals surface area contributed by atoms with Crippen molar-refractivity contribution >= 4 is 27.5 Å². The fourth-order valence-corrected chi connectivity index (χ4v) is 1.66. The summed E-state index contributed by atoms with van der Waals surface area (Å²) in [6, 6.07) is 0.532. The number of nitrogens with zero attached hydrogens (tertiary/aromatic N) is 1. The Balaban J connectivity index is 3.20. The zero-order chi connectivity index (χ0) is 13.2. The molecule has 0 unspecified atom stereocenters. The summed E-state index contributed by atoms with van der Waals surface area (Å²) in [5.74, 6) is -0.945. The topological polar surface area (TPSA) is 22.1 Å². The van der Waals surface area contributed by atoms with Crippen LogP contribution in [0.5, 0.6) is 5.75 Å². The Morgan fingerprint density at radius 3 is 2.41 bits per heavy atom. The molecule has 0 fully saturated rings. The molecule has 0 saturated heterocycles. The Morgan fingerprint density at radius 1 is 1.41 bits per heavy atom. The van der Waals surface area contributed by atoms with Crippen LogP contribution in [0.25, 0.3) is 0 Å². The molecule has 1 rings (SSSR count). The highest BCUT2D eigenvalue weighted by atomic mass is 79.9. The molecule has 0 spiro atoms. The van der Waals surface area contributed by atoms with E-state index in [1.54, 1.807) is 0 Å². The molecular formula is C8H4BrClF5NO. The molecule has 9 heteroatoms. The summed E-state index contributed by atoms with van der Waals surface area (Å²) in [4.78, 5) is 3.41. The van der Waals surface area contributed by atoms with Crippen molar-refractivity contribution in [3.05, 3.63) is 22.5 Å². The van der Waals surface area contributed by atoms with Gasteiger partial charge in [0.15, 0.2) is 10.9 Å². The van der Waals surface area contributed by atoms with Gasteiger partial charge < -0.3 is 4.74 Å². The van der Waals surface area contributed by atoms with Gasteiger partial charge in [-0.3, -0.25) is 0 Å². The maximum atomic E-state index is 12.5. The summed E-state index contributed by atoms with van der Waals surface area (Å²) in [6.45, 7) is 0. The lowest BCUT2D eigenvalue weighted by molar-refractivity contribution is -0.274. The highest BCUT2D eigenvalue weighted by molar-refractivity contribution is 9.08. The average molecular weight is 340 g/mol. The molecule has 0 aromatic carbocycles. The summed E-state index contributed by atoms with van der Waals surface area (Å²) in [5, 5.41) is -0.681. The zero-order valence-electron chi connectivity index (χ0n) is 7.86. The first-order valence-corrected chi connectivity index (χ1v) is 5.53. The van der Waals surface area contributed by atoms with E-state index in [9.17, 15) is 22.0 Å². The van der Waals surface area contributed by atoms with Crippen LogP contribution in [0.15, 0.2) is 6.07 Å². The van der Waals surface area contributed by atoms with Crippen LogP contribution in [0.2, 0.25) is 5.15 Å². The molecule has 1 heterocycles. The Bertz CT molecular complexity index is 412. The highest BCUT2D eigenvalue weighted by Gasteiger charge is 2.33. The quantitative estimate of drug-likeness (QED) is 0.460. The molecule has 0 aliphatic heterocycles. The number of alkyl halides is 6. The second-order valence-electron chi connectivity index (χ2n) is 2.80. The lowest BCUT2D eigenvalue weighted by atomic mass is 10.2. The van der Waals surface area contributed by atoms with Crippen LogP contribution in [0.3, 0.4) is 0 Å². The van der Waals surface area contributed by atoms with Gasteiger partial charge in [-0.15, -0.1) is 13.2 Å². The molecule has 0 aliphatic carbocycles. The van der Waals surface area contributed by atoms with E-state index in [4.69, 9.17) is 11.6 Å². The van der Waals surface area contributed by atoms with Crippen molar-refractivity contribution in [2.75, 3.05) is 0 Å². The number of aromatic nitrogens is 1. The first-order chi connectivity index (χ1) is 7.74. The summed E-state index contributed by atoms with van der Waals surface area (Å²) < 4.78 is 64.3. The molecule has 0 N–H and O–H groups in total. The van der Waals surface area contributed by atoms with Crippen molar-refractivity contribution in [1.82, 2.24) is 4.98 Å². The number of ether oxygens (including phenoxy) is 1. The average Bonchev–Trinajstić information content (AvgIpc) is 2.18. The van der Waals surface area contributed by atoms with Crippen LogP contribution in [0, 0.1) is 0 Å². The largest absolute Gasteiger partial charge is 0.573 e. The number of rotatable bonds is 3. The minimum Gasteiger partial charge on any atom is -0.402 e. The van der Waals surface area contributed by atoms with Crippen molar-refractivity contribution in [2.45, 2.75) is 18.1 Å². The fraction of sp³-hybridized carbons (Fsp3) is 0.375. The third-order valence-electron chi connectivity index (χ3n) is 1.64. The van der Waals surface area contributed by atoms with Gasteiger partial charge in [0, 0.05) is 10.9 Å². The Labute approximate surface area is 106 Å². The zero-order valence-corrected chi connectivity index (χ0v) is 10.2. The van der Waals surface area contributed by atoms with Gasteiger partial charge in [0.05, 0.1) is 5.69 Å². The maximum Gasteiger partial charge on any atom is 0.573 e. The molecule has 1 aromatic rings. The van der Waals surface area contributed by atoms with E-state index < -0.39 is 29.3 Å². The van der Waals surface area contributed by atoms with E-state index in [1.165, 1.54) is 0 Å². The molecule has 0 saturated carbocycles. The highest BCUT2D eigenvalue weighted by Crippen LogP contribution is 2.34. The van der Waals surface area contributed by atoms with Crippen molar-refractivity contribution in [1.29, 1.82) is 0 Å². The van der Waals surface area contributed by atoms with E-state index in [2.05, 4.69) is 25.7 Å². The molecular weight excluding hydrogens is 336 g/mol.